The van der Waals surface area contributed by atoms with Gasteiger partial charge in [-0.15, -0.1) is 0 Å². The number of piperidine rings is 1. The summed E-state index contributed by atoms with van der Waals surface area (Å²) in [5, 5.41) is 5.73. The molecule has 6 nitrogen and oxygen atoms in total. The van der Waals surface area contributed by atoms with E-state index in [1.165, 1.54) is 18.2 Å². The molecule has 0 atom stereocenters. The van der Waals surface area contributed by atoms with Gasteiger partial charge in [-0.05, 0) is 85.8 Å². The van der Waals surface area contributed by atoms with Crippen LogP contribution in [-0.2, 0) is 4.79 Å². The fraction of sp³-hybridized carbons (Fsp3) is 0.345. The summed E-state index contributed by atoms with van der Waals surface area (Å²) in [4.78, 5) is 20.0. The molecule has 2 aliphatic rings. The first kappa shape index (κ1) is 24.4. The number of aliphatic imine (C=N–C) groups is 1. The molecule has 2 aliphatic heterocycles. The summed E-state index contributed by atoms with van der Waals surface area (Å²) in [7, 11) is 0. The highest BCUT2D eigenvalue weighted by molar-refractivity contribution is 8.18. The summed E-state index contributed by atoms with van der Waals surface area (Å²) in [6.45, 7) is 7.03. The smallest absolute Gasteiger partial charge is 0.286 e. The van der Waals surface area contributed by atoms with E-state index in [1.807, 2.05) is 71.6 Å². The molecule has 1 aromatic heterocycles. The Bertz CT molecular complexity index is 1260. The van der Waals surface area contributed by atoms with Crippen LogP contribution in [0, 0.1) is 5.92 Å². The molecule has 5 rings (SSSR count). The van der Waals surface area contributed by atoms with Crippen LogP contribution in [-0.4, -0.2) is 45.5 Å². The Hall–Kier alpha value is -3.32. The Balaban J connectivity index is 1.43. The van der Waals surface area contributed by atoms with Crippen LogP contribution in [0.25, 0.3) is 23.0 Å². The Morgan fingerprint density at radius 1 is 1.03 bits per heavy atom. The number of benzene rings is 2. The molecule has 0 unspecified atom stereocenters. The molecule has 0 N–H and O–H groups in total. The lowest BCUT2D eigenvalue weighted by atomic mass is 10.1. The summed E-state index contributed by atoms with van der Waals surface area (Å²) < 4.78 is 7.76. The fourth-order valence-electron chi connectivity index (χ4n) is 4.31. The lowest BCUT2D eigenvalue weighted by Crippen LogP contribution is -2.33. The summed E-state index contributed by atoms with van der Waals surface area (Å²) in [6, 6.07) is 18.1. The quantitative estimate of drug-likeness (QED) is 0.350. The van der Waals surface area contributed by atoms with Crippen molar-refractivity contribution in [2.24, 2.45) is 10.9 Å². The van der Waals surface area contributed by atoms with E-state index < -0.39 is 0 Å². The van der Waals surface area contributed by atoms with Crippen LogP contribution in [0.2, 0.25) is 0 Å². The van der Waals surface area contributed by atoms with Crippen LogP contribution in [0.1, 0.15) is 45.1 Å². The number of thioether (sulfide) groups is 1. The predicted molar refractivity (Wildman–Crippen MR) is 147 cm³/mol. The minimum atomic E-state index is -0.173. The molecule has 0 radical (unpaired) electrons. The molecule has 36 heavy (non-hydrogen) atoms. The Morgan fingerprint density at radius 3 is 2.50 bits per heavy atom. The zero-order chi connectivity index (χ0) is 24.9. The Morgan fingerprint density at radius 2 is 1.78 bits per heavy atom. The topological polar surface area (TPSA) is 59.7 Å². The van der Waals surface area contributed by atoms with Crippen molar-refractivity contribution in [2.45, 2.75) is 39.5 Å². The number of ether oxygens (including phenoxy) is 1. The third-order valence-corrected chi connectivity index (χ3v) is 7.42. The van der Waals surface area contributed by atoms with E-state index in [9.17, 15) is 4.79 Å². The van der Waals surface area contributed by atoms with Gasteiger partial charge in [0, 0.05) is 30.4 Å². The van der Waals surface area contributed by atoms with Crippen molar-refractivity contribution in [1.29, 1.82) is 0 Å². The van der Waals surface area contributed by atoms with Crippen molar-refractivity contribution >= 4 is 28.9 Å². The van der Waals surface area contributed by atoms with Crippen LogP contribution in [0.5, 0.6) is 5.75 Å². The second-order valence-electron chi connectivity index (χ2n) is 9.63. The molecule has 0 bridgehead atoms. The number of para-hydroxylation sites is 1. The number of rotatable bonds is 7. The van der Waals surface area contributed by atoms with Crippen LogP contribution in [0.4, 0.5) is 0 Å². The highest BCUT2D eigenvalue weighted by Crippen LogP contribution is 2.34. The largest absolute Gasteiger partial charge is 0.494 e. The normalized spacial score (nSPS) is 17.2. The number of likely N-dealkylation sites (tertiary alicyclic amines) is 1. The number of carbonyl (C=O) groups excluding carboxylic acids is 1. The van der Waals surface area contributed by atoms with Gasteiger partial charge in [-0.2, -0.15) is 10.1 Å². The number of hydrogen-bond donors (Lipinski definition) is 0. The van der Waals surface area contributed by atoms with E-state index in [1.54, 1.807) is 0 Å². The Kier molecular flexibility index (Phi) is 7.56. The van der Waals surface area contributed by atoms with Gasteiger partial charge in [-0.1, -0.05) is 32.0 Å². The number of amidine groups is 1. The molecule has 186 valence electrons. The predicted octanol–water partition coefficient (Wildman–Crippen LogP) is 6.42. The second-order valence-corrected chi connectivity index (χ2v) is 10.6. The van der Waals surface area contributed by atoms with Crippen molar-refractivity contribution in [1.82, 2.24) is 14.7 Å². The van der Waals surface area contributed by atoms with Gasteiger partial charge in [0.05, 0.1) is 22.9 Å². The molecular weight excluding hydrogens is 468 g/mol. The van der Waals surface area contributed by atoms with Gasteiger partial charge < -0.3 is 9.64 Å². The van der Waals surface area contributed by atoms with Crippen molar-refractivity contribution in [3.63, 3.8) is 0 Å². The SMILES string of the molecule is CC(C)CCOc1ccc(-c2nn(-c3ccccc3)cc2/C=C2\SC(N3CCCCC3)=NC2=O)cc1. The maximum Gasteiger partial charge on any atom is 0.286 e. The number of amides is 1. The molecule has 2 aromatic carbocycles. The lowest BCUT2D eigenvalue weighted by molar-refractivity contribution is -0.113. The van der Waals surface area contributed by atoms with Crippen LogP contribution in [0.15, 0.2) is 70.7 Å². The third-order valence-electron chi connectivity index (χ3n) is 6.38. The molecule has 3 aromatic rings. The molecule has 3 heterocycles. The molecule has 0 saturated carbocycles. The van der Waals surface area contributed by atoms with Crippen molar-refractivity contribution in [2.75, 3.05) is 19.7 Å². The van der Waals surface area contributed by atoms with Crippen molar-refractivity contribution in [3.05, 3.63) is 71.3 Å². The van der Waals surface area contributed by atoms with Crippen LogP contribution >= 0.6 is 11.8 Å². The average molecular weight is 501 g/mol. The molecule has 0 aliphatic carbocycles. The van der Waals surface area contributed by atoms with Gasteiger partial charge in [-0.3, -0.25) is 4.79 Å². The highest BCUT2D eigenvalue weighted by Gasteiger charge is 2.27. The van der Waals surface area contributed by atoms with E-state index in [2.05, 4.69) is 23.7 Å². The Labute approximate surface area is 217 Å². The average Bonchev–Trinajstić information content (AvgIpc) is 3.49. The summed E-state index contributed by atoms with van der Waals surface area (Å²) in [6.07, 6.45) is 8.48. The molecule has 7 heteroatoms. The maximum absolute atomic E-state index is 12.8. The summed E-state index contributed by atoms with van der Waals surface area (Å²) in [5.41, 5.74) is 3.64. The summed E-state index contributed by atoms with van der Waals surface area (Å²) >= 11 is 1.47. The molecule has 1 saturated heterocycles. The van der Waals surface area contributed by atoms with Gasteiger partial charge in [-0.25, -0.2) is 4.68 Å². The molecule has 0 spiro atoms. The van der Waals surface area contributed by atoms with Crippen LogP contribution in [0.3, 0.4) is 0 Å². The van der Waals surface area contributed by atoms with Crippen molar-refractivity contribution < 1.29 is 9.53 Å². The zero-order valence-electron chi connectivity index (χ0n) is 20.9. The van der Waals surface area contributed by atoms with E-state index in [0.29, 0.717) is 17.4 Å². The monoisotopic (exact) mass is 500 g/mol. The highest BCUT2D eigenvalue weighted by atomic mass is 32.2. The molecule has 1 amide bonds. The van der Waals surface area contributed by atoms with E-state index in [4.69, 9.17) is 9.84 Å². The van der Waals surface area contributed by atoms with Crippen LogP contribution < -0.4 is 4.74 Å². The van der Waals surface area contributed by atoms with Gasteiger partial charge in [0.25, 0.3) is 5.91 Å². The first-order chi connectivity index (χ1) is 17.6. The standard InChI is InChI=1S/C29H32N4O2S/c1-21(2)15-18-35-25-13-11-22(12-14-25)27-23(20-33(31-27)24-9-5-3-6-10-24)19-26-28(34)30-29(36-26)32-16-7-4-8-17-32/h3,5-6,9-14,19-21H,4,7-8,15-18H2,1-2H3/b26-19-. The third kappa shape index (κ3) is 5.73. The number of nitrogens with zero attached hydrogens (tertiary/aromatic N) is 4. The van der Waals surface area contributed by atoms with E-state index >= 15 is 0 Å². The number of hydrogen-bond acceptors (Lipinski definition) is 5. The van der Waals surface area contributed by atoms with E-state index in [0.717, 1.165) is 65.8 Å². The van der Waals surface area contributed by atoms with Gasteiger partial charge >= 0.3 is 0 Å². The fourth-order valence-corrected chi connectivity index (χ4v) is 5.27. The summed E-state index contributed by atoms with van der Waals surface area (Å²) in [5.74, 6) is 1.29. The van der Waals surface area contributed by atoms with E-state index in [-0.39, 0.29) is 5.91 Å². The van der Waals surface area contributed by atoms with Gasteiger partial charge in [0.2, 0.25) is 0 Å². The second kappa shape index (κ2) is 11.2. The first-order valence-corrected chi connectivity index (χ1v) is 13.5. The van der Waals surface area contributed by atoms with Crippen molar-refractivity contribution in [3.8, 4) is 22.7 Å². The first-order valence-electron chi connectivity index (χ1n) is 12.7. The lowest BCUT2D eigenvalue weighted by Gasteiger charge is -2.27. The number of carbonyl (C=O) groups is 1. The maximum atomic E-state index is 12.8. The molecule has 1 fully saturated rings. The number of aromatic nitrogens is 2. The van der Waals surface area contributed by atoms with Gasteiger partial charge in [0.1, 0.15) is 5.75 Å². The minimum Gasteiger partial charge on any atom is -0.494 e. The zero-order valence-corrected chi connectivity index (χ0v) is 21.7. The van der Waals surface area contributed by atoms with Gasteiger partial charge in [0.15, 0.2) is 5.17 Å². The molecular formula is C29H32N4O2S. The minimum absolute atomic E-state index is 0.173.